The van der Waals surface area contributed by atoms with E-state index >= 15 is 0 Å². The Morgan fingerprint density at radius 2 is 1.94 bits per heavy atom. The Morgan fingerprint density at radius 1 is 1.21 bits per heavy atom. The second-order valence-electron chi connectivity index (χ2n) is 8.09. The third kappa shape index (κ3) is 5.53. The lowest BCUT2D eigenvalue weighted by atomic mass is 9.92. The number of anilines is 1. The minimum Gasteiger partial charge on any atom is -0.401 e. The average Bonchev–Trinajstić information content (AvgIpc) is 2.94. The molecule has 1 aliphatic heterocycles. The van der Waals surface area contributed by atoms with Crippen LogP contribution in [0, 0.1) is 5.41 Å². The molecule has 2 aromatic rings. The summed E-state index contributed by atoms with van der Waals surface area (Å²) < 4.78 is 0. The van der Waals surface area contributed by atoms with Gasteiger partial charge >= 0.3 is 0 Å². The lowest BCUT2D eigenvalue weighted by molar-refractivity contribution is -0.119. The lowest BCUT2D eigenvalue weighted by Crippen LogP contribution is -2.31. The van der Waals surface area contributed by atoms with Crippen LogP contribution in [0.25, 0.3) is 11.3 Å². The number of carbonyl (C=O) groups excluding carboxylic acids is 1. The molecule has 1 amide bonds. The number of benzene rings is 2. The van der Waals surface area contributed by atoms with Gasteiger partial charge in [0.2, 0.25) is 5.91 Å². The molecule has 0 bridgehead atoms. The van der Waals surface area contributed by atoms with Gasteiger partial charge in [-0.3, -0.25) is 4.79 Å². The minimum atomic E-state index is -0.0193. The van der Waals surface area contributed by atoms with Crippen LogP contribution in [0.15, 0.2) is 54.4 Å². The molecule has 8 heteroatoms. The zero-order chi connectivity index (χ0) is 24.0. The standard InChI is InChI=1S/C25H33N7O/c1-16(27)25-21-9-6-18(19(14-26)15-29-2)13-22(21)23(10-11-32(25)28)31-20-7-4-17(5-8-20)12-24(33)30-3/h4-9,13-15,23,26,29,31H,10-12,27-28H2,1-3H3,(H,30,33)/b19-15+,25-16-,26-14?. The summed E-state index contributed by atoms with van der Waals surface area (Å²) in [6.45, 7) is 2.49. The molecular formula is C25H33N7O. The van der Waals surface area contributed by atoms with E-state index in [-0.39, 0.29) is 11.9 Å². The number of nitrogens with one attached hydrogen (secondary N) is 4. The van der Waals surface area contributed by atoms with Gasteiger partial charge < -0.3 is 32.1 Å². The van der Waals surface area contributed by atoms with Crippen molar-refractivity contribution >= 4 is 29.1 Å². The van der Waals surface area contributed by atoms with Crippen LogP contribution in [0.4, 0.5) is 5.69 Å². The Labute approximate surface area is 195 Å². The molecule has 0 aliphatic carbocycles. The first kappa shape index (κ1) is 23.9. The predicted octanol–water partition coefficient (Wildman–Crippen LogP) is 2.56. The third-order valence-electron chi connectivity index (χ3n) is 5.73. The highest BCUT2D eigenvalue weighted by Gasteiger charge is 2.26. The molecule has 3 rings (SSSR count). The van der Waals surface area contributed by atoms with E-state index in [2.05, 4.69) is 22.0 Å². The number of hydrogen-bond donors (Lipinski definition) is 6. The molecule has 0 spiro atoms. The maximum absolute atomic E-state index is 11.7. The predicted molar refractivity (Wildman–Crippen MR) is 135 cm³/mol. The van der Waals surface area contributed by atoms with E-state index < -0.39 is 0 Å². The largest absolute Gasteiger partial charge is 0.401 e. The normalized spacial score (nSPS) is 17.5. The summed E-state index contributed by atoms with van der Waals surface area (Å²) in [5.41, 5.74) is 13.4. The first-order chi connectivity index (χ1) is 15.9. The molecule has 1 heterocycles. The SMILES string of the molecule is CN/C=C(\C=N)c1ccc2c(c1)C(Nc1ccc(CC(=O)NC)cc1)CCN(N)/C2=C(/C)N. The maximum Gasteiger partial charge on any atom is 0.224 e. The number of amides is 1. The summed E-state index contributed by atoms with van der Waals surface area (Å²) >= 11 is 0. The zero-order valence-electron chi connectivity index (χ0n) is 19.4. The van der Waals surface area contributed by atoms with E-state index in [1.165, 1.54) is 6.21 Å². The van der Waals surface area contributed by atoms with E-state index in [1.54, 1.807) is 18.3 Å². The van der Waals surface area contributed by atoms with E-state index in [4.69, 9.17) is 17.0 Å². The minimum absolute atomic E-state index is 0.0166. The van der Waals surface area contributed by atoms with Crippen molar-refractivity contribution in [2.45, 2.75) is 25.8 Å². The molecule has 8 nitrogen and oxygen atoms in total. The Hall–Kier alpha value is -3.78. The van der Waals surface area contributed by atoms with Crippen molar-refractivity contribution in [3.05, 3.63) is 76.6 Å². The first-order valence-corrected chi connectivity index (χ1v) is 10.9. The lowest BCUT2D eigenvalue weighted by Gasteiger charge is -2.22. The molecule has 0 saturated heterocycles. The number of rotatable bonds is 7. The molecule has 8 N–H and O–H groups in total. The third-order valence-corrected chi connectivity index (χ3v) is 5.73. The van der Waals surface area contributed by atoms with Crippen molar-refractivity contribution in [2.24, 2.45) is 11.6 Å². The van der Waals surface area contributed by atoms with Crippen molar-refractivity contribution in [3.8, 4) is 0 Å². The highest BCUT2D eigenvalue weighted by Crippen LogP contribution is 2.36. The number of allylic oxidation sites excluding steroid dienone is 2. The fourth-order valence-electron chi connectivity index (χ4n) is 4.08. The summed E-state index contributed by atoms with van der Waals surface area (Å²) in [6, 6.07) is 14.0. The van der Waals surface area contributed by atoms with Gasteiger partial charge in [0.25, 0.3) is 0 Å². The van der Waals surface area contributed by atoms with Gasteiger partial charge in [-0.2, -0.15) is 0 Å². The molecular weight excluding hydrogens is 414 g/mol. The van der Waals surface area contributed by atoms with Crippen LogP contribution in [0.5, 0.6) is 0 Å². The van der Waals surface area contributed by atoms with Crippen LogP contribution in [0.3, 0.4) is 0 Å². The Kier molecular flexibility index (Phi) is 7.74. The first-order valence-electron chi connectivity index (χ1n) is 10.9. The molecule has 174 valence electrons. The molecule has 1 aliphatic rings. The number of likely N-dealkylation sites (N-methyl/N-ethyl adjacent to an activating group) is 1. The number of hydrazine groups is 1. The van der Waals surface area contributed by atoms with E-state index in [9.17, 15) is 4.79 Å². The van der Waals surface area contributed by atoms with Gasteiger partial charge in [0, 0.05) is 55.6 Å². The molecule has 1 atom stereocenters. The van der Waals surface area contributed by atoms with Gasteiger partial charge in [0.05, 0.1) is 18.2 Å². The van der Waals surface area contributed by atoms with Crippen LogP contribution >= 0.6 is 0 Å². The van der Waals surface area contributed by atoms with Gasteiger partial charge in [-0.15, -0.1) is 0 Å². The highest BCUT2D eigenvalue weighted by atomic mass is 16.1. The van der Waals surface area contributed by atoms with Gasteiger partial charge in [-0.25, -0.2) is 5.84 Å². The number of carbonyl (C=O) groups is 1. The summed E-state index contributed by atoms with van der Waals surface area (Å²) in [7, 11) is 3.45. The van der Waals surface area contributed by atoms with E-state index in [0.29, 0.717) is 18.7 Å². The van der Waals surface area contributed by atoms with Crippen LogP contribution < -0.4 is 27.5 Å². The molecule has 0 radical (unpaired) electrons. The second-order valence-corrected chi connectivity index (χ2v) is 8.09. The van der Waals surface area contributed by atoms with Crippen LogP contribution in [0.1, 0.15) is 41.6 Å². The van der Waals surface area contributed by atoms with Gasteiger partial charge in [0.15, 0.2) is 0 Å². The Morgan fingerprint density at radius 3 is 2.55 bits per heavy atom. The van der Waals surface area contributed by atoms with E-state index in [0.717, 1.165) is 45.6 Å². The second kappa shape index (κ2) is 10.7. The van der Waals surface area contributed by atoms with Crippen LogP contribution in [-0.2, 0) is 11.2 Å². The maximum atomic E-state index is 11.7. The van der Waals surface area contributed by atoms with E-state index in [1.807, 2.05) is 50.4 Å². The van der Waals surface area contributed by atoms with Gasteiger partial charge in [-0.05, 0) is 48.2 Å². The number of nitrogens with two attached hydrogens (primary N) is 2. The topological polar surface area (TPSA) is 132 Å². The Balaban J connectivity index is 2.01. The molecule has 0 aromatic heterocycles. The van der Waals surface area contributed by atoms with Crippen molar-refractivity contribution in [1.82, 2.24) is 15.6 Å². The zero-order valence-corrected chi connectivity index (χ0v) is 19.4. The van der Waals surface area contributed by atoms with Gasteiger partial charge in [0.1, 0.15) is 0 Å². The summed E-state index contributed by atoms with van der Waals surface area (Å²) in [6.07, 6.45) is 4.25. The molecule has 33 heavy (non-hydrogen) atoms. The van der Waals surface area contributed by atoms with Gasteiger partial charge in [-0.1, -0.05) is 24.3 Å². The quantitative estimate of drug-likeness (QED) is 0.286. The smallest absolute Gasteiger partial charge is 0.224 e. The Bertz CT molecular complexity index is 1070. The van der Waals surface area contributed by atoms with Crippen molar-refractivity contribution in [3.63, 3.8) is 0 Å². The fourth-order valence-corrected chi connectivity index (χ4v) is 4.08. The number of nitrogens with zero attached hydrogens (tertiary/aromatic N) is 1. The van der Waals surface area contributed by atoms with Crippen LogP contribution in [-0.4, -0.2) is 37.8 Å². The highest BCUT2D eigenvalue weighted by molar-refractivity contribution is 6.08. The van der Waals surface area contributed by atoms with Crippen LogP contribution in [0.2, 0.25) is 0 Å². The monoisotopic (exact) mass is 447 g/mol. The summed E-state index contributed by atoms with van der Waals surface area (Å²) in [5.74, 6) is 6.36. The van der Waals surface area contributed by atoms with Crippen molar-refractivity contribution in [2.75, 3.05) is 26.0 Å². The summed E-state index contributed by atoms with van der Waals surface area (Å²) in [5, 5.41) is 18.8. The average molecular weight is 448 g/mol. The molecule has 1 unspecified atom stereocenters. The van der Waals surface area contributed by atoms with Crippen molar-refractivity contribution in [1.29, 1.82) is 5.41 Å². The number of fused-ring (bicyclic) bond motifs is 1. The molecule has 0 saturated carbocycles. The summed E-state index contributed by atoms with van der Waals surface area (Å²) in [4.78, 5) is 11.7. The number of hydrogen-bond acceptors (Lipinski definition) is 7. The molecule has 0 fully saturated rings. The fraction of sp³-hybridized carbons (Fsp3) is 0.280. The van der Waals surface area contributed by atoms with Crippen molar-refractivity contribution < 1.29 is 4.79 Å². The molecule has 2 aromatic carbocycles.